The molecule has 166 valence electrons. The molecule has 0 radical (unpaired) electrons. The Balaban J connectivity index is 1.63. The number of nitrogens with zero attached hydrogens (tertiary/aromatic N) is 2. The Bertz CT molecular complexity index is 718. The van der Waals surface area contributed by atoms with Gasteiger partial charge in [-0.15, -0.1) is 0 Å². The lowest BCUT2D eigenvalue weighted by Crippen LogP contribution is -2.44. The molecule has 1 N–H and O–H groups in total. The monoisotopic (exact) mass is 429 g/mol. The van der Waals surface area contributed by atoms with Crippen LogP contribution < -0.4 is 4.72 Å². The predicted molar refractivity (Wildman–Crippen MR) is 111 cm³/mol. The largest absolute Gasteiger partial charge is 0.379 e. The minimum atomic E-state index is -3.17. The van der Waals surface area contributed by atoms with Gasteiger partial charge in [0.2, 0.25) is 15.9 Å². The molecule has 3 aliphatic rings. The van der Waals surface area contributed by atoms with Gasteiger partial charge in [0, 0.05) is 39.3 Å². The van der Waals surface area contributed by atoms with Crippen molar-refractivity contribution in [2.24, 2.45) is 16.9 Å². The maximum absolute atomic E-state index is 12.3. The molecule has 0 saturated heterocycles. The molecule has 0 aromatic heterocycles. The molecule has 2 fully saturated rings. The fraction of sp³-hybridized carbons (Fsp3) is 0.900. The molecule has 0 bridgehead atoms. The van der Waals surface area contributed by atoms with Crippen molar-refractivity contribution in [3.8, 4) is 0 Å². The van der Waals surface area contributed by atoms with Crippen LogP contribution in [0.25, 0.3) is 0 Å². The molecule has 8 nitrogen and oxygen atoms in total. The van der Waals surface area contributed by atoms with Crippen LogP contribution in [0.1, 0.15) is 58.3 Å². The van der Waals surface area contributed by atoms with Crippen LogP contribution in [-0.4, -0.2) is 69.8 Å². The summed E-state index contributed by atoms with van der Waals surface area (Å²) in [5.41, 5.74) is 1.10. The number of ether oxygens (including phenoxy) is 2. The van der Waals surface area contributed by atoms with E-state index in [0.717, 1.165) is 57.1 Å². The fourth-order valence-electron chi connectivity index (χ4n) is 5.32. The van der Waals surface area contributed by atoms with Gasteiger partial charge in [-0.1, -0.05) is 0 Å². The number of hydrogen-bond acceptors (Lipinski definition) is 6. The van der Waals surface area contributed by atoms with E-state index in [0.29, 0.717) is 11.8 Å². The molecule has 0 aromatic carbocycles. The van der Waals surface area contributed by atoms with E-state index in [4.69, 9.17) is 14.6 Å². The quantitative estimate of drug-likeness (QED) is 0.695. The molecule has 2 saturated carbocycles. The maximum atomic E-state index is 12.3. The SMILES string of the molecule is COC1CCC(C2CC(C3CCC(NS(C)(=O)=O)CC3)=NN2C(C)=O)CC1OC. The highest BCUT2D eigenvalue weighted by atomic mass is 32.2. The number of amides is 1. The highest BCUT2D eigenvalue weighted by Crippen LogP contribution is 2.38. The van der Waals surface area contributed by atoms with Gasteiger partial charge in [0.1, 0.15) is 0 Å². The molecule has 1 amide bonds. The van der Waals surface area contributed by atoms with E-state index in [9.17, 15) is 13.2 Å². The molecule has 2 aliphatic carbocycles. The minimum absolute atomic E-state index is 0.00902. The topological polar surface area (TPSA) is 97.3 Å². The number of carbonyl (C=O) groups excluding carboxylic acids is 1. The smallest absolute Gasteiger partial charge is 0.239 e. The van der Waals surface area contributed by atoms with Crippen LogP contribution in [0.2, 0.25) is 0 Å². The van der Waals surface area contributed by atoms with Crippen LogP contribution in [0, 0.1) is 11.8 Å². The van der Waals surface area contributed by atoms with E-state index < -0.39 is 10.0 Å². The Hall–Kier alpha value is -1.03. The summed E-state index contributed by atoms with van der Waals surface area (Å²) in [6.45, 7) is 1.58. The lowest BCUT2D eigenvalue weighted by Gasteiger charge is -2.38. The van der Waals surface area contributed by atoms with Crippen molar-refractivity contribution in [2.45, 2.75) is 82.6 Å². The van der Waals surface area contributed by atoms with Crippen LogP contribution in [-0.2, 0) is 24.3 Å². The third kappa shape index (κ3) is 5.57. The summed E-state index contributed by atoms with van der Waals surface area (Å²) in [5.74, 6) is 0.660. The summed E-state index contributed by atoms with van der Waals surface area (Å²) >= 11 is 0. The Morgan fingerprint density at radius 3 is 2.28 bits per heavy atom. The third-order valence-electron chi connectivity index (χ3n) is 6.79. The highest BCUT2D eigenvalue weighted by Gasteiger charge is 2.42. The van der Waals surface area contributed by atoms with Crippen LogP contribution in [0.15, 0.2) is 5.10 Å². The molecule has 0 aromatic rings. The Kier molecular flexibility index (Phi) is 7.35. The summed E-state index contributed by atoms with van der Waals surface area (Å²) in [5, 5.41) is 6.44. The molecule has 9 heteroatoms. The van der Waals surface area contributed by atoms with Crippen molar-refractivity contribution in [1.29, 1.82) is 0 Å². The fourth-order valence-corrected chi connectivity index (χ4v) is 6.16. The number of rotatable bonds is 6. The van der Waals surface area contributed by atoms with E-state index in [1.165, 1.54) is 6.26 Å². The van der Waals surface area contributed by atoms with Crippen molar-refractivity contribution in [3.05, 3.63) is 0 Å². The summed E-state index contributed by atoms with van der Waals surface area (Å²) in [7, 11) is 0.277. The van der Waals surface area contributed by atoms with Gasteiger partial charge >= 0.3 is 0 Å². The van der Waals surface area contributed by atoms with Gasteiger partial charge in [0.05, 0.1) is 24.5 Å². The van der Waals surface area contributed by atoms with Crippen LogP contribution in [0.5, 0.6) is 0 Å². The first-order chi connectivity index (χ1) is 13.7. The summed E-state index contributed by atoms with van der Waals surface area (Å²) in [6.07, 6.45) is 8.42. The Morgan fingerprint density at radius 2 is 1.72 bits per heavy atom. The second-order valence-corrected chi connectivity index (χ2v) is 10.6. The van der Waals surface area contributed by atoms with Crippen molar-refractivity contribution in [3.63, 3.8) is 0 Å². The zero-order valence-electron chi connectivity index (χ0n) is 18.0. The Morgan fingerprint density at radius 1 is 1.07 bits per heavy atom. The highest BCUT2D eigenvalue weighted by molar-refractivity contribution is 7.88. The number of carbonyl (C=O) groups is 1. The van der Waals surface area contributed by atoms with Gasteiger partial charge in [-0.2, -0.15) is 5.10 Å². The number of hydrazone groups is 1. The van der Waals surface area contributed by atoms with Crippen LogP contribution >= 0.6 is 0 Å². The first-order valence-corrected chi connectivity index (χ1v) is 12.5. The van der Waals surface area contributed by atoms with E-state index in [1.54, 1.807) is 26.2 Å². The molecule has 29 heavy (non-hydrogen) atoms. The van der Waals surface area contributed by atoms with E-state index in [1.807, 2.05) is 0 Å². The molecular weight excluding hydrogens is 394 g/mol. The molecule has 4 atom stereocenters. The van der Waals surface area contributed by atoms with E-state index >= 15 is 0 Å². The minimum Gasteiger partial charge on any atom is -0.379 e. The van der Waals surface area contributed by atoms with Gasteiger partial charge in [-0.25, -0.2) is 18.1 Å². The zero-order chi connectivity index (χ0) is 21.2. The molecule has 1 heterocycles. The summed E-state index contributed by atoms with van der Waals surface area (Å²) in [4.78, 5) is 12.3. The first-order valence-electron chi connectivity index (χ1n) is 10.6. The maximum Gasteiger partial charge on any atom is 0.239 e. The van der Waals surface area contributed by atoms with Gasteiger partial charge in [0.25, 0.3) is 0 Å². The van der Waals surface area contributed by atoms with E-state index in [-0.39, 0.29) is 30.2 Å². The lowest BCUT2D eigenvalue weighted by molar-refractivity contribution is -0.133. The van der Waals surface area contributed by atoms with Crippen LogP contribution in [0.4, 0.5) is 0 Å². The van der Waals surface area contributed by atoms with Gasteiger partial charge in [-0.05, 0) is 56.8 Å². The summed E-state index contributed by atoms with van der Waals surface area (Å²) < 4.78 is 36.9. The molecule has 1 aliphatic heterocycles. The van der Waals surface area contributed by atoms with Crippen molar-refractivity contribution >= 4 is 21.6 Å². The molecular formula is C20H35N3O5S. The van der Waals surface area contributed by atoms with Gasteiger partial charge < -0.3 is 9.47 Å². The number of nitrogens with one attached hydrogen (secondary N) is 1. The zero-order valence-corrected chi connectivity index (χ0v) is 18.8. The third-order valence-corrected chi connectivity index (χ3v) is 7.55. The number of methoxy groups -OCH3 is 2. The average molecular weight is 430 g/mol. The van der Waals surface area contributed by atoms with Gasteiger partial charge in [0.15, 0.2) is 0 Å². The first kappa shape index (κ1) is 22.7. The van der Waals surface area contributed by atoms with Crippen molar-refractivity contribution in [2.75, 3.05) is 20.5 Å². The second-order valence-electron chi connectivity index (χ2n) is 8.79. The molecule has 4 unspecified atom stereocenters. The van der Waals surface area contributed by atoms with Gasteiger partial charge in [-0.3, -0.25) is 4.79 Å². The van der Waals surface area contributed by atoms with Crippen molar-refractivity contribution in [1.82, 2.24) is 9.73 Å². The molecule has 0 spiro atoms. The summed E-state index contributed by atoms with van der Waals surface area (Å²) in [6, 6.07) is 0.0968. The average Bonchev–Trinajstić information content (AvgIpc) is 3.12. The number of sulfonamides is 1. The van der Waals surface area contributed by atoms with E-state index in [2.05, 4.69) is 4.72 Å². The second kappa shape index (κ2) is 9.41. The number of hydrogen-bond donors (Lipinski definition) is 1. The Labute approximate surface area is 174 Å². The standard InChI is InChI=1S/C20H35N3O5S/c1-13(24)23-18(15-7-10-19(27-2)20(11-15)28-3)12-17(21-23)14-5-8-16(9-6-14)22-29(4,25)26/h14-16,18-20,22H,5-12H2,1-4H3. The van der Waals surface area contributed by atoms with Crippen molar-refractivity contribution < 1.29 is 22.7 Å². The molecule has 3 rings (SSSR count). The lowest BCUT2D eigenvalue weighted by atomic mass is 9.77. The normalized spacial score (nSPS) is 36.1. The van der Waals surface area contributed by atoms with Crippen LogP contribution in [0.3, 0.4) is 0 Å². The predicted octanol–water partition coefficient (Wildman–Crippen LogP) is 1.90.